The molecule has 0 spiro atoms. The van der Waals surface area contributed by atoms with Crippen molar-refractivity contribution in [3.8, 4) is 22.8 Å². The average molecular weight is 447 g/mol. The molecule has 0 unspecified atom stereocenters. The van der Waals surface area contributed by atoms with E-state index in [2.05, 4.69) is 83.0 Å². The average Bonchev–Trinajstić information content (AvgIpc) is 2.80. The predicted molar refractivity (Wildman–Crippen MR) is 137 cm³/mol. The molecule has 0 bridgehead atoms. The molecule has 0 aliphatic rings. The first-order valence-electron chi connectivity index (χ1n) is 12.0. The number of methoxy groups -OCH3 is 1. The quantitative estimate of drug-likeness (QED) is 0.351. The molecule has 3 rings (SSSR count). The molecule has 3 aromatic rings. The molecule has 176 valence electrons. The van der Waals surface area contributed by atoms with E-state index in [1.807, 2.05) is 12.1 Å². The second-order valence-corrected chi connectivity index (χ2v) is 8.91. The third-order valence-electron chi connectivity index (χ3n) is 5.95. The SMILES string of the molecule is CCc1cccc(CC)c1-c1cc(OC(C)C)c(CN(C)Cc2ccc(OC)cc2)c(C)n1. The molecule has 0 atom stereocenters. The molecule has 1 heterocycles. The lowest BCUT2D eigenvalue weighted by Gasteiger charge is -2.23. The summed E-state index contributed by atoms with van der Waals surface area (Å²) in [5.41, 5.74) is 8.36. The van der Waals surface area contributed by atoms with Crippen molar-refractivity contribution in [3.05, 3.63) is 76.5 Å². The Morgan fingerprint density at radius 1 is 0.939 bits per heavy atom. The van der Waals surface area contributed by atoms with Crippen LogP contribution in [-0.4, -0.2) is 30.1 Å². The van der Waals surface area contributed by atoms with Crippen LogP contribution in [0.5, 0.6) is 11.5 Å². The van der Waals surface area contributed by atoms with Crippen molar-refractivity contribution in [1.82, 2.24) is 9.88 Å². The Hall–Kier alpha value is -2.85. The van der Waals surface area contributed by atoms with Crippen molar-refractivity contribution >= 4 is 0 Å². The van der Waals surface area contributed by atoms with Gasteiger partial charge in [-0.1, -0.05) is 44.2 Å². The summed E-state index contributed by atoms with van der Waals surface area (Å²) in [6.07, 6.45) is 2.06. The zero-order chi connectivity index (χ0) is 24.0. The Morgan fingerprint density at radius 3 is 2.12 bits per heavy atom. The van der Waals surface area contributed by atoms with Crippen molar-refractivity contribution in [3.63, 3.8) is 0 Å². The molecule has 0 amide bonds. The van der Waals surface area contributed by atoms with Gasteiger partial charge in [0, 0.05) is 36.0 Å². The second kappa shape index (κ2) is 11.3. The van der Waals surface area contributed by atoms with Crippen LogP contribution in [0.15, 0.2) is 48.5 Å². The van der Waals surface area contributed by atoms with Gasteiger partial charge in [-0.2, -0.15) is 0 Å². The molecule has 0 fully saturated rings. The number of hydrogen-bond acceptors (Lipinski definition) is 4. The van der Waals surface area contributed by atoms with Crippen molar-refractivity contribution < 1.29 is 9.47 Å². The maximum atomic E-state index is 6.33. The third-order valence-corrected chi connectivity index (χ3v) is 5.95. The van der Waals surface area contributed by atoms with Gasteiger partial charge >= 0.3 is 0 Å². The minimum Gasteiger partial charge on any atom is -0.497 e. The first-order chi connectivity index (χ1) is 15.9. The molecule has 1 aromatic heterocycles. The summed E-state index contributed by atoms with van der Waals surface area (Å²) >= 11 is 0. The highest BCUT2D eigenvalue weighted by Crippen LogP contribution is 2.34. The monoisotopic (exact) mass is 446 g/mol. The minimum atomic E-state index is 0.0948. The summed E-state index contributed by atoms with van der Waals surface area (Å²) in [5, 5.41) is 0. The van der Waals surface area contributed by atoms with Crippen molar-refractivity contribution in [2.24, 2.45) is 0 Å². The second-order valence-electron chi connectivity index (χ2n) is 8.91. The summed E-state index contributed by atoms with van der Waals surface area (Å²) < 4.78 is 11.6. The maximum absolute atomic E-state index is 6.33. The summed E-state index contributed by atoms with van der Waals surface area (Å²) in [5.74, 6) is 1.81. The van der Waals surface area contributed by atoms with E-state index in [0.29, 0.717) is 0 Å². The molecule has 4 nitrogen and oxygen atoms in total. The van der Waals surface area contributed by atoms with Crippen LogP contribution in [0.2, 0.25) is 0 Å². The van der Waals surface area contributed by atoms with E-state index in [1.165, 1.54) is 22.3 Å². The fourth-order valence-electron chi connectivity index (χ4n) is 4.29. The van der Waals surface area contributed by atoms with E-state index in [4.69, 9.17) is 14.5 Å². The highest BCUT2D eigenvalue weighted by molar-refractivity contribution is 5.70. The van der Waals surface area contributed by atoms with Gasteiger partial charge in [0.1, 0.15) is 11.5 Å². The molecule has 33 heavy (non-hydrogen) atoms. The fourth-order valence-corrected chi connectivity index (χ4v) is 4.29. The van der Waals surface area contributed by atoms with E-state index in [1.54, 1.807) is 7.11 Å². The lowest BCUT2D eigenvalue weighted by Crippen LogP contribution is -2.20. The Balaban J connectivity index is 1.95. The molecule has 0 radical (unpaired) electrons. The van der Waals surface area contributed by atoms with Crippen LogP contribution in [0, 0.1) is 6.92 Å². The van der Waals surface area contributed by atoms with Gasteiger partial charge in [-0.3, -0.25) is 9.88 Å². The first kappa shape index (κ1) is 24.8. The van der Waals surface area contributed by atoms with Crippen LogP contribution in [-0.2, 0) is 25.9 Å². The van der Waals surface area contributed by atoms with Gasteiger partial charge in [0.25, 0.3) is 0 Å². The van der Waals surface area contributed by atoms with E-state index in [9.17, 15) is 0 Å². The van der Waals surface area contributed by atoms with Crippen LogP contribution >= 0.6 is 0 Å². The number of aromatic nitrogens is 1. The van der Waals surface area contributed by atoms with Crippen LogP contribution < -0.4 is 9.47 Å². The molecule has 4 heteroatoms. The number of ether oxygens (including phenoxy) is 2. The standard InChI is InChI=1S/C29H38N2O2/c1-8-23-11-10-12-24(9-2)29(23)27-17-28(33-20(3)4)26(21(5)30-27)19-31(6)18-22-13-15-25(32-7)16-14-22/h10-17,20H,8-9,18-19H2,1-7H3. The van der Waals surface area contributed by atoms with Gasteiger partial charge in [-0.05, 0) is 69.5 Å². The summed E-state index contributed by atoms with van der Waals surface area (Å²) in [7, 11) is 3.83. The topological polar surface area (TPSA) is 34.6 Å². The zero-order valence-corrected chi connectivity index (χ0v) is 21.2. The van der Waals surface area contributed by atoms with Crippen molar-refractivity contribution in [2.75, 3.05) is 14.2 Å². The molecule has 0 saturated carbocycles. The largest absolute Gasteiger partial charge is 0.497 e. The molecule has 0 aliphatic heterocycles. The van der Waals surface area contributed by atoms with Gasteiger partial charge < -0.3 is 9.47 Å². The van der Waals surface area contributed by atoms with Gasteiger partial charge in [-0.15, -0.1) is 0 Å². The normalized spacial score (nSPS) is 11.3. The zero-order valence-electron chi connectivity index (χ0n) is 21.2. The molecule has 2 aromatic carbocycles. The lowest BCUT2D eigenvalue weighted by atomic mass is 9.94. The maximum Gasteiger partial charge on any atom is 0.128 e. The highest BCUT2D eigenvalue weighted by atomic mass is 16.5. The summed E-state index contributed by atoms with van der Waals surface area (Å²) in [6.45, 7) is 12.3. The van der Waals surface area contributed by atoms with E-state index >= 15 is 0 Å². The number of pyridine rings is 1. The third kappa shape index (κ3) is 6.14. The van der Waals surface area contributed by atoms with E-state index < -0.39 is 0 Å². The van der Waals surface area contributed by atoms with Crippen molar-refractivity contribution in [2.45, 2.75) is 66.7 Å². The Kier molecular flexibility index (Phi) is 8.51. The predicted octanol–water partition coefficient (Wildman–Crippen LogP) is 6.61. The van der Waals surface area contributed by atoms with Gasteiger partial charge in [0.2, 0.25) is 0 Å². The molecule has 0 aliphatic carbocycles. The first-order valence-corrected chi connectivity index (χ1v) is 12.0. The van der Waals surface area contributed by atoms with Crippen molar-refractivity contribution in [1.29, 1.82) is 0 Å². The molecular weight excluding hydrogens is 408 g/mol. The number of nitrogens with zero attached hydrogens (tertiary/aromatic N) is 2. The Bertz CT molecular complexity index is 1040. The summed E-state index contributed by atoms with van der Waals surface area (Å²) in [6, 6.07) is 17.0. The molecular formula is C29H38N2O2. The van der Waals surface area contributed by atoms with E-state index in [0.717, 1.165) is 54.4 Å². The molecule has 0 saturated heterocycles. The number of hydrogen-bond donors (Lipinski definition) is 0. The van der Waals surface area contributed by atoms with Crippen LogP contribution in [0.25, 0.3) is 11.3 Å². The minimum absolute atomic E-state index is 0.0948. The smallest absolute Gasteiger partial charge is 0.128 e. The highest BCUT2D eigenvalue weighted by Gasteiger charge is 2.18. The van der Waals surface area contributed by atoms with Crippen LogP contribution in [0.1, 0.15) is 55.6 Å². The van der Waals surface area contributed by atoms with Gasteiger partial charge in [0.05, 0.1) is 18.9 Å². The number of rotatable bonds is 10. The lowest BCUT2D eigenvalue weighted by molar-refractivity contribution is 0.232. The Morgan fingerprint density at radius 2 is 1.58 bits per heavy atom. The van der Waals surface area contributed by atoms with Gasteiger partial charge in [-0.25, -0.2) is 0 Å². The van der Waals surface area contributed by atoms with E-state index in [-0.39, 0.29) is 6.10 Å². The number of benzene rings is 2. The number of aryl methyl sites for hydroxylation is 3. The molecule has 0 N–H and O–H groups in total. The van der Waals surface area contributed by atoms with Crippen LogP contribution in [0.4, 0.5) is 0 Å². The van der Waals surface area contributed by atoms with Crippen LogP contribution in [0.3, 0.4) is 0 Å². The summed E-state index contributed by atoms with van der Waals surface area (Å²) in [4.78, 5) is 7.39. The fraction of sp³-hybridized carbons (Fsp3) is 0.414. The Labute approximate surface area is 199 Å². The van der Waals surface area contributed by atoms with Gasteiger partial charge in [0.15, 0.2) is 0 Å².